The molecule has 0 heteroatoms. The van der Waals surface area contributed by atoms with E-state index < -0.39 is 0 Å². The summed E-state index contributed by atoms with van der Waals surface area (Å²) in [5, 5.41) is 0. The number of rotatable bonds is 5. The lowest BCUT2D eigenvalue weighted by molar-refractivity contribution is 0.642. The molecule has 0 nitrogen and oxygen atoms in total. The highest BCUT2D eigenvalue weighted by molar-refractivity contribution is 5.34. The minimum absolute atomic E-state index is 0.760. The summed E-state index contributed by atoms with van der Waals surface area (Å²) < 4.78 is 0. The third kappa shape index (κ3) is 5.33. The molecular formula is C22H32. The Hall–Kier alpha value is -1.56. The van der Waals surface area contributed by atoms with Crippen LogP contribution in [0.3, 0.4) is 0 Å². The van der Waals surface area contributed by atoms with E-state index in [1.165, 1.54) is 35.1 Å². The number of benzene rings is 2. The second kappa shape index (κ2) is 10.2. The van der Waals surface area contributed by atoms with Crippen molar-refractivity contribution in [3.8, 4) is 0 Å². The summed E-state index contributed by atoms with van der Waals surface area (Å²) in [6.07, 6.45) is 4.82. The maximum atomic E-state index is 2.25. The van der Waals surface area contributed by atoms with Crippen molar-refractivity contribution >= 4 is 0 Å². The van der Waals surface area contributed by atoms with Gasteiger partial charge in [0.05, 0.1) is 0 Å². The molecule has 0 saturated heterocycles. The van der Waals surface area contributed by atoms with Crippen LogP contribution in [0.25, 0.3) is 0 Å². The molecule has 0 radical (unpaired) electrons. The first-order valence-electron chi connectivity index (χ1n) is 8.80. The number of hydrogen-bond donors (Lipinski definition) is 0. The second-order valence-corrected chi connectivity index (χ2v) is 5.84. The fourth-order valence-corrected chi connectivity index (χ4v) is 3.09. The van der Waals surface area contributed by atoms with Crippen LogP contribution in [0.5, 0.6) is 0 Å². The maximum Gasteiger partial charge on any atom is -0.0167 e. The van der Waals surface area contributed by atoms with Gasteiger partial charge in [0, 0.05) is 0 Å². The zero-order chi connectivity index (χ0) is 16.4. The average Bonchev–Trinajstić information content (AvgIpc) is 2.57. The molecule has 0 aliphatic rings. The topological polar surface area (TPSA) is 0 Å². The SMILES string of the molecule is CCC(CC)c1ccccc1.CCc1cccc(C)c1CC. The maximum absolute atomic E-state index is 2.25. The quantitative estimate of drug-likeness (QED) is 0.575. The molecule has 120 valence electrons. The van der Waals surface area contributed by atoms with Crippen LogP contribution in [-0.2, 0) is 12.8 Å². The van der Waals surface area contributed by atoms with Gasteiger partial charge in [-0.3, -0.25) is 0 Å². The number of aryl methyl sites for hydroxylation is 2. The molecule has 0 heterocycles. The van der Waals surface area contributed by atoms with Gasteiger partial charge < -0.3 is 0 Å². The molecule has 0 saturated carbocycles. The summed E-state index contributed by atoms with van der Waals surface area (Å²) in [6.45, 7) is 11.1. The van der Waals surface area contributed by atoms with Gasteiger partial charge in [0.2, 0.25) is 0 Å². The van der Waals surface area contributed by atoms with Gasteiger partial charge >= 0.3 is 0 Å². The van der Waals surface area contributed by atoms with Gasteiger partial charge in [0.15, 0.2) is 0 Å². The van der Waals surface area contributed by atoms with E-state index in [1.807, 2.05) is 0 Å². The Morgan fingerprint density at radius 2 is 1.36 bits per heavy atom. The molecule has 22 heavy (non-hydrogen) atoms. The van der Waals surface area contributed by atoms with Crippen molar-refractivity contribution < 1.29 is 0 Å². The molecular weight excluding hydrogens is 264 g/mol. The first-order valence-corrected chi connectivity index (χ1v) is 8.80. The van der Waals surface area contributed by atoms with Crippen LogP contribution in [-0.4, -0.2) is 0 Å². The lowest BCUT2D eigenvalue weighted by Gasteiger charge is -2.11. The fraction of sp³-hybridized carbons (Fsp3) is 0.455. The molecule has 0 unspecified atom stereocenters. The molecule has 0 aromatic heterocycles. The summed E-state index contributed by atoms with van der Waals surface area (Å²) in [7, 11) is 0. The highest BCUT2D eigenvalue weighted by atomic mass is 14.1. The molecule has 0 aliphatic heterocycles. The fourth-order valence-electron chi connectivity index (χ4n) is 3.09. The highest BCUT2D eigenvalue weighted by Gasteiger charge is 2.04. The van der Waals surface area contributed by atoms with Crippen LogP contribution in [0, 0.1) is 6.92 Å². The molecule has 0 N–H and O–H groups in total. The van der Waals surface area contributed by atoms with Crippen LogP contribution in [0.2, 0.25) is 0 Å². The Balaban J connectivity index is 0.000000220. The Bertz CT molecular complexity index is 521. The highest BCUT2D eigenvalue weighted by Crippen LogP contribution is 2.21. The normalized spacial score (nSPS) is 10.3. The van der Waals surface area contributed by atoms with Crippen molar-refractivity contribution in [3.63, 3.8) is 0 Å². The Labute approximate surface area is 137 Å². The average molecular weight is 296 g/mol. The first kappa shape index (κ1) is 18.5. The molecule has 0 bridgehead atoms. The first-order chi connectivity index (χ1) is 10.7. The van der Waals surface area contributed by atoms with Crippen molar-refractivity contribution in [2.24, 2.45) is 0 Å². The summed E-state index contributed by atoms with van der Waals surface area (Å²) in [4.78, 5) is 0. The van der Waals surface area contributed by atoms with Crippen LogP contribution < -0.4 is 0 Å². The second-order valence-electron chi connectivity index (χ2n) is 5.84. The summed E-state index contributed by atoms with van der Waals surface area (Å²) >= 11 is 0. The monoisotopic (exact) mass is 296 g/mol. The summed E-state index contributed by atoms with van der Waals surface area (Å²) in [5.74, 6) is 0.760. The van der Waals surface area contributed by atoms with Crippen molar-refractivity contribution in [2.45, 2.75) is 66.2 Å². The van der Waals surface area contributed by atoms with E-state index in [2.05, 4.69) is 83.1 Å². The van der Waals surface area contributed by atoms with E-state index in [0.29, 0.717) is 0 Å². The molecule has 0 aliphatic carbocycles. The minimum Gasteiger partial charge on any atom is -0.0648 e. The number of hydrogen-bond acceptors (Lipinski definition) is 0. The zero-order valence-electron chi connectivity index (χ0n) is 15.0. The molecule has 0 atom stereocenters. The van der Waals surface area contributed by atoms with Crippen molar-refractivity contribution in [2.75, 3.05) is 0 Å². The van der Waals surface area contributed by atoms with Gasteiger partial charge in [-0.05, 0) is 60.8 Å². The molecule has 2 aromatic rings. The van der Waals surface area contributed by atoms with E-state index in [-0.39, 0.29) is 0 Å². The Morgan fingerprint density at radius 3 is 1.82 bits per heavy atom. The van der Waals surface area contributed by atoms with Crippen LogP contribution in [0.4, 0.5) is 0 Å². The van der Waals surface area contributed by atoms with Crippen molar-refractivity contribution in [1.82, 2.24) is 0 Å². The van der Waals surface area contributed by atoms with E-state index in [9.17, 15) is 0 Å². The van der Waals surface area contributed by atoms with E-state index in [0.717, 1.165) is 18.8 Å². The van der Waals surface area contributed by atoms with Gasteiger partial charge in [-0.2, -0.15) is 0 Å². The standard InChI is InChI=1S/2C11H16/c1-4-10-8-6-7-9(3)11(10)5-2;1-3-10(4-2)11-8-6-5-7-9-11/h6-8H,4-5H2,1-3H3;5-10H,3-4H2,1-2H3. The van der Waals surface area contributed by atoms with Gasteiger partial charge in [-0.1, -0.05) is 76.2 Å². The van der Waals surface area contributed by atoms with E-state index >= 15 is 0 Å². The molecule has 0 fully saturated rings. The van der Waals surface area contributed by atoms with Crippen molar-refractivity contribution in [1.29, 1.82) is 0 Å². The lowest BCUT2D eigenvalue weighted by Crippen LogP contribution is -1.93. The predicted octanol–water partition coefficient (Wildman–Crippen LogP) is 6.71. The smallest absolute Gasteiger partial charge is 0.0167 e. The Kier molecular flexibility index (Phi) is 8.58. The third-order valence-corrected chi connectivity index (χ3v) is 4.50. The minimum atomic E-state index is 0.760. The van der Waals surface area contributed by atoms with E-state index in [4.69, 9.17) is 0 Å². The van der Waals surface area contributed by atoms with Crippen LogP contribution in [0.1, 0.15) is 68.7 Å². The predicted molar refractivity (Wildman–Crippen MR) is 99.7 cm³/mol. The third-order valence-electron chi connectivity index (χ3n) is 4.50. The van der Waals surface area contributed by atoms with Crippen LogP contribution in [0.15, 0.2) is 48.5 Å². The molecule has 2 rings (SSSR count). The molecule has 0 spiro atoms. The molecule has 2 aromatic carbocycles. The van der Waals surface area contributed by atoms with E-state index in [1.54, 1.807) is 0 Å². The van der Waals surface area contributed by atoms with Gasteiger partial charge in [0.25, 0.3) is 0 Å². The van der Waals surface area contributed by atoms with Crippen LogP contribution >= 0.6 is 0 Å². The van der Waals surface area contributed by atoms with Crippen molar-refractivity contribution in [3.05, 3.63) is 70.8 Å². The molecule has 0 amide bonds. The van der Waals surface area contributed by atoms with Gasteiger partial charge in [-0.15, -0.1) is 0 Å². The lowest BCUT2D eigenvalue weighted by atomic mass is 9.94. The summed E-state index contributed by atoms with van der Waals surface area (Å²) in [5.41, 5.74) is 5.96. The van der Waals surface area contributed by atoms with Gasteiger partial charge in [-0.25, -0.2) is 0 Å². The largest absolute Gasteiger partial charge is 0.0648 e. The Morgan fingerprint density at radius 1 is 0.727 bits per heavy atom. The zero-order valence-corrected chi connectivity index (χ0v) is 15.0. The van der Waals surface area contributed by atoms with Gasteiger partial charge in [0.1, 0.15) is 0 Å². The summed E-state index contributed by atoms with van der Waals surface area (Å²) in [6, 6.07) is 17.3.